The van der Waals surface area contributed by atoms with Crippen LogP contribution in [0.1, 0.15) is 11.1 Å². The fourth-order valence-electron chi connectivity index (χ4n) is 3.11. The summed E-state index contributed by atoms with van der Waals surface area (Å²) < 4.78 is 0. The first-order valence-electron chi connectivity index (χ1n) is 8.73. The molecule has 26 heavy (non-hydrogen) atoms. The van der Waals surface area contributed by atoms with Crippen molar-refractivity contribution in [3.8, 4) is 0 Å². The Kier molecular flexibility index (Phi) is 4.93. The van der Waals surface area contributed by atoms with E-state index in [-0.39, 0.29) is 6.03 Å². The number of anilines is 2. The average molecular weight is 360 g/mol. The van der Waals surface area contributed by atoms with Crippen LogP contribution in [-0.2, 0) is 12.2 Å². The molecule has 3 nitrogen and oxygen atoms in total. The second-order valence-electron chi connectivity index (χ2n) is 6.26. The highest BCUT2D eigenvalue weighted by Gasteiger charge is 2.23. The first-order chi connectivity index (χ1) is 12.8. The van der Waals surface area contributed by atoms with E-state index in [1.165, 1.54) is 16.0 Å². The van der Waals surface area contributed by atoms with Crippen molar-refractivity contribution in [2.45, 2.75) is 17.1 Å². The molecule has 1 N–H and O–H groups in total. The first kappa shape index (κ1) is 16.7. The summed E-state index contributed by atoms with van der Waals surface area (Å²) in [4.78, 5) is 15.7. The molecule has 0 saturated carbocycles. The SMILES string of the molecule is O=C(Nc1ccc(CSc2ccccc2)cc1)N1CCc2ccccc21. The molecule has 3 aromatic carbocycles. The maximum atomic E-state index is 12.6. The lowest BCUT2D eigenvalue weighted by Gasteiger charge is -2.18. The van der Waals surface area contributed by atoms with Crippen molar-refractivity contribution in [2.75, 3.05) is 16.8 Å². The molecule has 2 amide bonds. The number of carbonyl (C=O) groups excluding carboxylic acids is 1. The van der Waals surface area contributed by atoms with Crippen LogP contribution in [-0.4, -0.2) is 12.6 Å². The monoisotopic (exact) mass is 360 g/mol. The Morgan fingerprint density at radius 1 is 0.923 bits per heavy atom. The second kappa shape index (κ2) is 7.67. The summed E-state index contributed by atoms with van der Waals surface area (Å²) in [5.74, 6) is 0.914. The van der Waals surface area contributed by atoms with Crippen LogP contribution >= 0.6 is 11.8 Å². The van der Waals surface area contributed by atoms with Gasteiger partial charge in [0.15, 0.2) is 0 Å². The lowest BCUT2D eigenvalue weighted by atomic mass is 10.2. The van der Waals surface area contributed by atoms with E-state index in [0.717, 1.165) is 30.1 Å². The van der Waals surface area contributed by atoms with E-state index in [0.29, 0.717) is 0 Å². The van der Waals surface area contributed by atoms with Gasteiger partial charge in [-0.25, -0.2) is 4.79 Å². The molecule has 0 aliphatic carbocycles. The van der Waals surface area contributed by atoms with E-state index in [1.807, 2.05) is 53.1 Å². The molecule has 0 aromatic heterocycles. The van der Waals surface area contributed by atoms with Crippen molar-refractivity contribution >= 4 is 29.2 Å². The third kappa shape index (κ3) is 3.75. The number of hydrogen-bond donors (Lipinski definition) is 1. The van der Waals surface area contributed by atoms with Crippen molar-refractivity contribution in [1.82, 2.24) is 0 Å². The molecular formula is C22H20N2OS. The minimum absolute atomic E-state index is 0.0682. The van der Waals surface area contributed by atoms with Crippen LogP contribution in [0.4, 0.5) is 16.2 Å². The van der Waals surface area contributed by atoms with Gasteiger partial charge in [0.2, 0.25) is 0 Å². The number of hydrogen-bond acceptors (Lipinski definition) is 2. The average Bonchev–Trinajstić information content (AvgIpc) is 3.12. The molecular weight excluding hydrogens is 340 g/mol. The molecule has 0 saturated heterocycles. The third-order valence-electron chi connectivity index (χ3n) is 4.49. The third-order valence-corrected chi connectivity index (χ3v) is 5.57. The molecule has 0 spiro atoms. The molecule has 0 radical (unpaired) electrons. The van der Waals surface area contributed by atoms with Gasteiger partial charge < -0.3 is 5.32 Å². The maximum Gasteiger partial charge on any atom is 0.326 e. The molecule has 0 bridgehead atoms. The normalized spacial score (nSPS) is 12.7. The standard InChI is InChI=1S/C22H20N2OS/c25-22(24-15-14-18-6-4-5-9-21(18)24)23-19-12-10-17(11-13-19)16-26-20-7-2-1-3-8-20/h1-13H,14-16H2,(H,23,25). The number of urea groups is 1. The number of para-hydroxylation sites is 1. The first-order valence-corrected chi connectivity index (χ1v) is 9.71. The van der Waals surface area contributed by atoms with Crippen LogP contribution in [0.25, 0.3) is 0 Å². The molecule has 4 heteroatoms. The van der Waals surface area contributed by atoms with Gasteiger partial charge in [-0.05, 0) is 47.9 Å². The van der Waals surface area contributed by atoms with Gasteiger partial charge in [0, 0.05) is 28.6 Å². The Morgan fingerprint density at radius 2 is 1.65 bits per heavy atom. The van der Waals surface area contributed by atoms with Gasteiger partial charge in [-0.15, -0.1) is 11.8 Å². The van der Waals surface area contributed by atoms with Crippen molar-refractivity contribution in [1.29, 1.82) is 0 Å². The van der Waals surface area contributed by atoms with Gasteiger partial charge in [-0.2, -0.15) is 0 Å². The Labute approximate surface area is 158 Å². The van der Waals surface area contributed by atoms with E-state index in [2.05, 4.69) is 47.8 Å². The molecule has 1 aliphatic rings. The number of rotatable bonds is 4. The molecule has 1 heterocycles. The highest BCUT2D eigenvalue weighted by Crippen LogP contribution is 2.28. The number of amides is 2. The van der Waals surface area contributed by atoms with Crippen molar-refractivity contribution in [3.05, 3.63) is 90.0 Å². The van der Waals surface area contributed by atoms with Gasteiger partial charge in [-0.1, -0.05) is 48.5 Å². The summed E-state index contributed by atoms with van der Waals surface area (Å²) in [7, 11) is 0. The van der Waals surface area contributed by atoms with Gasteiger partial charge in [0.25, 0.3) is 0 Å². The fourth-order valence-corrected chi connectivity index (χ4v) is 3.98. The number of nitrogens with one attached hydrogen (secondary N) is 1. The highest BCUT2D eigenvalue weighted by atomic mass is 32.2. The molecule has 4 rings (SSSR count). The zero-order chi connectivity index (χ0) is 17.8. The van der Waals surface area contributed by atoms with Crippen LogP contribution in [0.15, 0.2) is 83.8 Å². The van der Waals surface area contributed by atoms with E-state index in [1.54, 1.807) is 0 Å². The molecule has 0 atom stereocenters. The predicted octanol–water partition coefficient (Wildman–Crippen LogP) is 5.57. The summed E-state index contributed by atoms with van der Waals surface area (Å²) in [6, 6.07) is 26.5. The van der Waals surface area contributed by atoms with E-state index >= 15 is 0 Å². The molecule has 1 aliphatic heterocycles. The smallest absolute Gasteiger partial charge is 0.308 e. The zero-order valence-electron chi connectivity index (χ0n) is 14.4. The minimum atomic E-state index is -0.0682. The van der Waals surface area contributed by atoms with Crippen LogP contribution in [0, 0.1) is 0 Å². The predicted molar refractivity (Wildman–Crippen MR) is 109 cm³/mol. The topological polar surface area (TPSA) is 32.3 Å². The quantitative estimate of drug-likeness (QED) is 0.617. The Morgan fingerprint density at radius 3 is 2.46 bits per heavy atom. The summed E-state index contributed by atoms with van der Waals surface area (Å²) in [6.07, 6.45) is 0.916. The Bertz CT molecular complexity index is 894. The second-order valence-corrected chi connectivity index (χ2v) is 7.31. The summed E-state index contributed by atoms with van der Waals surface area (Å²) >= 11 is 1.81. The summed E-state index contributed by atoms with van der Waals surface area (Å²) in [5.41, 5.74) is 4.31. The van der Waals surface area contributed by atoms with Gasteiger partial charge in [0.05, 0.1) is 0 Å². The van der Waals surface area contributed by atoms with Crippen LogP contribution < -0.4 is 10.2 Å². The van der Waals surface area contributed by atoms with Gasteiger partial charge in [-0.3, -0.25) is 4.90 Å². The summed E-state index contributed by atoms with van der Waals surface area (Å²) in [6.45, 7) is 0.733. The fraction of sp³-hybridized carbons (Fsp3) is 0.136. The van der Waals surface area contributed by atoms with E-state index < -0.39 is 0 Å². The van der Waals surface area contributed by atoms with Crippen molar-refractivity contribution in [2.24, 2.45) is 0 Å². The van der Waals surface area contributed by atoms with E-state index in [4.69, 9.17) is 0 Å². The van der Waals surface area contributed by atoms with Crippen LogP contribution in [0.3, 0.4) is 0 Å². The van der Waals surface area contributed by atoms with Crippen LogP contribution in [0.5, 0.6) is 0 Å². The molecule has 0 fully saturated rings. The lowest BCUT2D eigenvalue weighted by molar-refractivity contribution is 0.257. The van der Waals surface area contributed by atoms with Crippen molar-refractivity contribution < 1.29 is 4.79 Å². The van der Waals surface area contributed by atoms with Crippen molar-refractivity contribution in [3.63, 3.8) is 0 Å². The number of fused-ring (bicyclic) bond motifs is 1. The minimum Gasteiger partial charge on any atom is -0.308 e. The molecule has 0 unspecified atom stereocenters. The largest absolute Gasteiger partial charge is 0.326 e. The Balaban J connectivity index is 1.36. The van der Waals surface area contributed by atoms with Gasteiger partial charge in [0.1, 0.15) is 0 Å². The van der Waals surface area contributed by atoms with Crippen LogP contribution in [0.2, 0.25) is 0 Å². The molecule has 130 valence electrons. The Hall–Kier alpha value is -2.72. The molecule has 3 aromatic rings. The number of carbonyl (C=O) groups is 1. The van der Waals surface area contributed by atoms with Gasteiger partial charge >= 0.3 is 6.03 Å². The highest BCUT2D eigenvalue weighted by molar-refractivity contribution is 7.98. The lowest BCUT2D eigenvalue weighted by Crippen LogP contribution is -2.33. The number of benzene rings is 3. The number of thioether (sulfide) groups is 1. The van der Waals surface area contributed by atoms with E-state index in [9.17, 15) is 4.79 Å². The zero-order valence-corrected chi connectivity index (χ0v) is 15.2. The summed E-state index contributed by atoms with van der Waals surface area (Å²) in [5, 5.41) is 3.01. The number of nitrogens with zero attached hydrogens (tertiary/aromatic N) is 1. The maximum absolute atomic E-state index is 12.6.